The summed E-state index contributed by atoms with van der Waals surface area (Å²) in [4.78, 5) is 24.2. The minimum atomic E-state index is -0.962. The normalized spacial score (nSPS) is 12.0. The lowest BCUT2D eigenvalue weighted by molar-refractivity contribution is -0.137. The first-order valence-electron chi connectivity index (χ1n) is 6.86. The summed E-state index contributed by atoms with van der Waals surface area (Å²) in [5.41, 5.74) is 0.396. The van der Waals surface area contributed by atoms with Gasteiger partial charge in [0.05, 0.1) is 12.5 Å². The summed E-state index contributed by atoms with van der Waals surface area (Å²) in [7, 11) is 0. The van der Waals surface area contributed by atoms with Crippen molar-refractivity contribution in [3.8, 4) is 0 Å². The van der Waals surface area contributed by atoms with Crippen molar-refractivity contribution in [2.75, 3.05) is 6.54 Å². The number of hydrogen-bond donors (Lipinski definition) is 2. The molecule has 0 fully saturated rings. The second-order valence-electron chi connectivity index (χ2n) is 5.12. The third-order valence-corrected chi connectivity index (χ3v) is 3.16. The van der Waals surface area contributed by atoms with Gasteiger partial charge in [0.1, 0.15) is 5.82 Å². The number of urea groups is 1. The van der Waals surface area contributed by atoms with Gasteiger partial charge in [-0.1, -0.05) is 18.2 Å². The van der Waals surface area contributed by atoms with E-state index in [2.05, 4.69) is 5.32 Å². The maximum absolute atomic E-state index is 13.7. The Morgan fingerprint density at radius 2 is 1.90 bits per heavy atom. The van der Waals surface area contributed by atoms with Gasteiger partial charge in [-0.05, 0) is 26.8 Å². The Bertz CT molecular complexity index is 505. The van der Waals surface area contributed by atoms with E-state index in [-0.39, 0.29) is 24.8 Å². The molecule has 1 aromatic carbocycles. The fourth-order valence-electron chi connectivity index (χ4n) is 1.98. The number of carbonyl (C=O) groups is 2. The van der Waals surface area contributed by atoms with Crippen molar-refractivity contribution in [2.45, 2.75) is 39.3 Å². The monoisotopic (exact) mass is 296 g/mol. The number of nitrogens with zero attached hydrogens (tertiary/aromatic N) is 1. The molecule has 1 unspecified atom stereocenters. The van der Waals surface area contributed by atoms with Crippen LogP contribution < -0.4 is 5.32 Å². The molecule has 1 aromatic rings. The molecule has 0 aromatic heterocycles. The van der Waals surface area contributed by atoms with Gasteiger partial charge in [-0.15, -0.1) is 0 Å². The van der Waals surface area contributed by atoms with E-state index >= 15 is 0 Å². The average molecular weight is 296 g/mol. The van der Waals surface area contributed by atoms with Crippen LogP contribution in [0.15, 0.2) is 24.3 Å². The molecule has 1 rings (SSSR count). The number of rotatable bonds is 6. The van der Waals surface area contributed by atoms with Gasteiger partial charge < -0.3 is 15.3 Å². The Morgan fingerprint density at radius 3 is 2.43 bits per heavy atom. The first-order chi connectivity index (χ1) is 9.82. The van der Waals surface area contributed by atoms with E-state index < -0.39 is 18.0 Å². The molecule has 6 heteroatoms. The number of nitrogens with one attached hydrogen (secondary N) is 1. The van der Waals surface area contributed by atoms with Crippen LogP contribution >= 0.6 is 0 Å². The van der Waals surface area contributed by atoms with Crippen molar-refractivity contribution in [1.29, 1.82) is 0 Å². The van der Waals surface area contributed by atoms with Crippen LogP contribution in [0.4, 0.5) is 9.18 Å². The summed E-state index contributed by atoms with van der Waals surface area (Å²) in [6, 6.07) is 5.19. The Morgan fingerprint density at radius 1 is 1.29 bits per heavy atom. The predicted octanol–water partition coefficient (Wildman–Crippen LogP) is 2.78. The van der Waals surface area contributed by atoms with Crippen LogP contribution in [0.2, 0.25) is 0 Å². The van der Waals surface area contributed by atoms with Crippen molar-refractivity contribution < 1.29 is 19.1 Å². The molecule has 2 amide bonds. The minimum absolute atomic E-state index is 0.114. The zero-order valence-corrected chi connectivity index (χ0v) is 12.5. The fraction of sp³-hybridized carbons (Fsp3) is 0.467. The van der Waals surface area contributed by atoms with Gasteiger partial charge in [-0.2, -0.15) is 0 Å². The van der Waals surface area contributed by atoms with Crippen molar-refractivity contribution in [1.82, 2.24) is 10.2 Å². The van der Waals surface area contributed by atoms with Crippen molar-refractivity contribution in [3.05, 3.63) is 35.6 Å². The average Bonchev–Trinajstić information content (AvgIpc) is 2.38. The van der Waals surface area contributed by atoms with E-state index in [1.54, 1.807) is 39.0 Å². The van der Waals surface area contributed by atoms with Gasteiger partial charge >= 0.3 is 12.0 Å². The van der Waals surface area contributed by atoms with Crippen LogP contribution in [-0.2, 0) is 4.79 Å². The molecule has 0 saturated heterocycles. The molecule has 0 bridgehead atoms. The van der Waals surface area contributed by atoms with Crippen LogP contribution in [0.5, 0.6) is 0 Å². The summed E-state index contributed by atoms with van der Waals surface area (Å²) in [5.74, 6) is -1.34. The van der Waals surface area contributed by atoms with Gasteiger partial charge in [-0.3, -0.25) is 4.79 Å². The molecule has 0 saturated carbocycles. The van der Waals surface area contributed by atoms with Gasteiger partial charge in [0.2, 0.25) is 0 Å². The third kappa shape index (κ3) is 5.06. The molecular formula is C15H21FN2O3. The third-order valence-electron chi connectivity index (χ3n) is 3.16. The van der Waals surface area contributed by atoms with E-state index in [9.17, 15) is 14.0 Å². The molecule has 0 heterocycles. The SMILES string of the molecule is CC(NC(=O)N(CCC(=O)O)C(C)C)c1ccccc1F. The zero-order chi connectivity index (χ0) is 16.0. The molecule has 0 spiro atoms. The maximum atomic E-state index is 13.7. The Hall–Kier alpha value is -2.11. The van der Waals surface area contributed by atoms with Gasteiger partial charge in [0.15, 0.2) is 0 Å². The summed E-state index contributed by atoms with van der Waals surface area (Å²) >= 11 is 0. The van der Waals surface area contributed by atoms with Crippen molar-refractivity contribution in [2.24, 2.45) is 0 Å². The van der Waals surface area contributed by atoms with Crippen LogP contribution in [0.1, 0.15) is 38.8 Å². The summed E-state index contributed by atoms with van der Waals surface area (Å²) < 4.78 is 13.7. The highest BCUT2D eigenvalue weighted by Crippen LogP contribution is 2.16. The lowest BCUT2D eigenvalue weighted by Gasteiger charge is -2.28. The van der Waals surface area contributed by atoms with Crippen LogP contribution in [-0.4, -0.2) is 34.6 Å². The van der Waals surface area contributed by atoms with Crippen molar-refractivity contribution in [3.63, 3.8) is 0 Å². The predicted molar refractivity (Wildman–Crippen MR) is 77.4 cm³/mol. The highest BCUT2D eigenvalue weighted by molar-refractivity contribution is 5.76. The molecule has 0 radical (unpaired) electrons. The van der Waals surface area contributed by atoms with E-state index in [1.165, 1.54) is 11.0 Å². The number of carbonyl (C=O) groups excluding carboxylic acids is 1. The lowest BCUT2D eigenvalue weighted by Crippen LogP contribution is -2.45. The quantitative estimate of drug-likeness (QED) is 0.848. The zero-order valence-electron chi connectivity index (χ0n) is 12.5. The van der Waals surface area contributed by atoms with E-state index in [0.29, 0.717) is 5.56 Å². The molecule has 0 aliphatic rings. The molecule has 0 aliphatic heterocycles. The largest absolute Gasteiger partial charge is 0.481 e. The summed E-state index contributed by atoms with van der Waals surface area (Å²) in [6.45, 7) is 5.40. The molecule has 116 valence electrons. The number of aliphatic carboxylic acids is 1. The maximum Gasteiger partial charge on any atom is 0.318 e. The van der Waals surface area contributed by atoms with Crippen LogP contribution in [0, 0.1) is 5.82 Å². The van der Waals surface area contributed by atoms with Gasteiger partial charge in [-0.25, -0.2) is 9.18 Å². The smallest absolute Gasteiger partial charge is 0.318 e. The van der Waals surface area contributed by atoms with E-state index in [1.807, 2.05) is 0 Å². The molecule has 0 aliphatic carbocycles. The second kappa shape index (κ2) is 7.61. The topological polar surface area (TPSA) is 69.6 Å². The van der Waals surface area contributed by atoms with Crippen LogP contribution in [0.25, 0.3) is 0 Å². The molecule has 5 nitrogen and oxygen atoms in total. The highest BCUT2D eigenvalue weighted by Gasteiger charge is 2.21. The Labute approximate surface area is 123 Å². The fourth-order valence-corrected chi connectivity index (χ4v) is 1.98. The molecular weight excluding hydrogens is 275 g/mol. The molecule has 21 heavy (non-hydrogen) atoms. The number of hydrogen-bond acceptors (Lipinski definition) is 2. The van der Waals surface area contributed by atoms with Crippen LogP contribution in [0.3, 0.4) is 0 Å². The number of amides is 2. The first-order valence-corrected chi connectivity index (χ1v) is 6.86. The van der Waals surface area contributed by atoms with E-state index in [4.69, 9.17) is 5.11 Å². The highest BCUT2D eigenvalue weighted by atomic mass is 19.1. The number of halogens is 1. The molecule has 2 N–H and O–H groups in total. The number of carboxylic acid groups (broad SMARTS) is 1. The standard InChI is InChI=1S/C15H21FN2O3/c1-10(2)18(9-8-14(19)20)15(21)17-11(3)12-6-4-5-7-13(12)16/h4-7,10-11H,8-9H2,1-3H3,(H,17,21)(H,19,20). The summed E-state index contributed by atoms with van der Waals surface area (Å²) in [5, 5.41) is 11.4. The number of carboxylic acids is 1. The van der Waals surface area contributed by atoms with E-state index in [0.717, 1.165) is 0 Å². The Kier molecular flexibility index (Phi) is 6.14. The Balaban J connectivity index is 2.72. The summed E-state index contributed by atoms with van der Waals surface area (Å²) in [6.07, 6.45) is -0.125. The minimum Gasteiger partial charge on any atom is -0.481 e. The second-order valence-corrected chi connectivity index (χ2v) is 5.12. The molecule has 1 atom stereocenters. The van der Waals surface area contributed by atoms with Gasteiger partial charge in [0, 0.05) is 18.2 Å². The number of benzene rings is 1. The van der Waals surface area contributed by atoms with Gasteiger partial charge in [0.25, 0.3) is 0 Å². The lowest BCUT2D eigenvalue weighted by atomic mass is 10.1. The first kappa shape index (κ1) is 16.9. The van der Waals surface area contributed by atoms with Crippen molar-refractivity contribution >= 4 is 12.0 Å².